The third-order valence-electron chi connectivity index (χ3n) is 9.96. The van der Waals surface area contributed by atoms with Crippen molar-refractivity contribution in [2.24, 2.45) is 0 Å². The number of likely N-dealkylation sites (tertiary alicyclic amines) is 1. The molecule has 2 aliphatic heterocycles. The summed E-state index contributed by atoms with van der Waals surface area (Å²) in [6.07, 6.45) is 6.55. The summed E-state index contributed by atoms with van der Waals surface area (Å²) in [5, 5.41) is 0. The van der Waals surface area contributed by atoms with Gasteiger partial charge in [-0.1, -0.05) is 36.8 Å². The predicted molar refractivity (Wildman–Crippen MR) is 184 cm³/mol. The molecule has 1 unspecified atom stereocenters. The molecule has 1 atom stereocenters. The maximum absolute atomic E-state index is 13.9. The first-order valence-electron chi connectivity index (χ1n) is 16.5. The molecule has 2 saturated heterocycles. The molecule has 3 aromatic rings. The molecule has 2 aromatic carbocycles. The largest absolute Gasteiger partial charge is 0.497 e. The molecule has 0 spiro atoms. The number of anilines is 1. The Balaban J connectivity index is 1.18. The van der Waals surface area contributed by atoms with Crippen LogP contribution in [0.4, 0.5) is 5.82 Å². The van der Waals surface area contributed by atoms with Crippen LogP contribution in [0.15, 0.2) is 65.7 Å². The van der Waals surface area contributed by atoms with Gasteiger partial charge in [0.2, 0.25) is 10.0 Å². The Bertz CT molecular complexity index is 1530. The quantitative estimate of drug-likeness (QED) is 0.261. The minimum absolute atomic E-state index is 0.0798. The summed E-state index contributed by atoms with van der Waals surface area (Å²) < 4.78 is 41.2. The van der Waals surface area contributed by atoms with Gasteiger partial charge in [-0.3, -0.25) is 4.90 Å². The monoisotopic (exact) mass is 649 g/mol. The second-order valence-electron chi connectivity index (χ2n) is 13.1. The van der Waals surface area contributed by atoms with Crippen LogP contribution in [0.1, 0.15) is 48.8 Å². The van der Waals surface area contributed by atoms with Crippen molar-refractivity contribution in [1.82, 2.24) is 19.1 Å². The van der Waals surface area contributed by atoms with Gasteiger partial charge in [0.15, 0.2) is 0 Å². The van der Waals surface area contributed by atoms with Crippen molar-refractivity contribution in [3.63, 3.8) is 0 Å². The zero-order valence-corrected chi connectivity index (χ0v) is 29.2. The Labute approximate surface area is 276 Å². The first-order chi connectivity index (χ1) is 22.0. The number of aromatic nitrogens is 1. The summed E-state index contributed by atoms with van der Waals surface area (Å²) in [6, 6.07) is 18.1. The van der Waals surface area contributed by atoms with Crippen molar-refractivity contribution in [1.29, 1.82) is 0 Å². The van der Waals surface area contributed by atoms with Gasteiger partial charge in [0.1, 0.15) is 23.9 Å². The number of sulfonamides is 1. The Hall–Kier alpha value is -3.18. The number of aryl methyl sites for hydroxylation is 2. The van der Waals surface area contributed by atoms with Crippen LogP contribution in [0.25, 0.3) is 0 Å². The summed E-state index contributed by atoms with van der Waals surface area (Å²) in [6.45, 7) is 8.36. The molecule has 0 aliphatic carbocycles. The lowest BCUT2D eigenvalue weighted by molar-refractivity contribution is 0.0550. The number of hydrogen-bond donors (Lipinski definition) is 0. The SMILES string of the molecule is COc1cc(C)c(S(=O)(=O)N2CCCCC2COc2ccnc(N(C)CCN3CCC(c4ccccc4)(N(C)C)CC3)c2)c(C)c1. The third-order valence-corrected chi connectivity index (χ3v) is 12.2. The highest BCUT2D eigenvalue weighted by molar-refractivity contribution is 7.89. The molecular formula is C36H51N5O4S. The van der Waals surface area contributed by atoms with Gasteiger partial charge in [-0.2, -0.15) is 4.31 Å². The van der Waals surface area contributed by atoms with Crippen LogP contribution < -0.4 is 14.4 Å². The maximum Gasteiger partial charge on any atom is 0.243 e. The van der Waals surface area contributed by atoms with Gasteiger partial charge in [0.25, 0.3) is 0 Å². The van der Waals surface area contributed by atoms with Crippen LogP contribution in [0.3, 0.4) is 0 Å². The fourth-order valence-electron chi connectivity index (χ4n) is 7.20. The number of pyridine rings is 1. The number of nitrogens with zero attached hydrogens (tertiary/aromatic N) is 5. The number of benzene rings is 2. The molecule has 0 amide bonds. The second-order valence-corrected chi connectivity index (χ2v) is 14.9. The summed E-state index contributed by atoms with van der Waals surface area (Å²) in [4.78, 5) is 12.1. The second kappa shape index (κ2) is 14.7. The van der Waals surface area contributed by atoms with E-state index in [2.05, 4.69) is 71.2 Å². The zero-order chi connectivity index (χ0) is 32.9. The minimum atomic E-state index is -3.70. The van der Waals surface area contributed by atoms with Gasteiger partial charge in [0, 0.05) is 57.6 Å². The van der Waals surface area contributed by atoms with Gasteiger partial charge in [-0.05, 0) is 88.5 Å². The zero-order valence-electron chi connectivity index (χ0n) is 28.4. The lowest BCUT2D eigenvalue weighted by Crippen LogP contribution is -2.51. The van der Waals surface area contributed by atoms with Crippen LogP contribution in [0.2, 0.25) is 0 Å². The summed E-state index contributed by atoms with van der Waals surface area (Å²) >= 11 is 0. The number of hydrogen-bond acceptors (Lipinski definition) is 8. The molecule has 10 heteroatoms. The van der Waals surface area contributed by atoms with E-state index in [0.717, 1.165) is 64.1 Å². The molecule has 3 heterocycles. The minimum Gasteiger partial charge on any atom is -0.497 e. The highest BCUT2D eigenvalue weighted by Crippen LogP contribution is 2.37. The van der Waals surface area contributed by atoms with E-state index in [1.165, 1.54) is 5.56 Å². The van der Waals surface area contributed by atoms with Crippen molar-refractivity contribution >= 4 is 15.8 Å². The molecule has 2 aliphatic rings. The smallest absolute Gasteiger partial charge is 0.243 e. The molecule has 0 radical (unpaired) electrons. The first-order valence-corrected chi connectivity index (χ1v) is 17.9. The number of methoxy groups -OCH3 is 1. The maximum atomic E-state index is 13.9. The van der Waals surface area contributed by atoms with Gasteiger partial charge in [0.05, 0.1) is 18.0 Å². The number of piperidine rings is 2. The van der Waals surface area contributed by atoms with Crippen molar-refractivity contribution in [3.05, 3.63) is 77.5 Å². The van der Waals surface area contributed by atoms with E-state index >= 15 is 0 Å². The van der Waals surface area contributed by atoms with Crippen molar-refractivity contribution in [2.75, 3.05) is 72.5 Å². The van der Waals surface area contributed by atoms with Gasteiger partial charge in [-0.15, -0.1) is 0 Å². The van der Waals surface area contributed by atoms with E-state index in [-0.39, 0.29) is 11.6 Å². The van der Waals surface area contributed by atoms with Crippen molar-refractivity contribution in [3.8, 4) is 11.5 Å². The number of ether oxygens (including phenoxy) is 2. The topological polar surface area (TPSA) is 78.4 Å². The van der Waals surface area contributed by atoms with Crippen LogP contribution in [0, 0.1) is 13.8 Å². The Morgan fingerprint density at radius 2 is 1.63 bits per heavy atom. The molecule has 5 rings (SSSR count). The van der Waals surface area contributed by atoms with E-state index in [0.29, 0.717) is 40.7 Å². The van der Waals surface area contributed by atoms with Crippen molar-refractivity contribution in [2.45, 2.75) is 62.4 Å². The fraction of sp³-hybridized carbons (Fsp3) is 0.528. The third kappa shape index (κ3) is 7.35. The molecule has 250 valence electrons. The van der Waals surface area contributed by atoms with Crippen molar-refractivity contribution < 1.29 is 17.9 Å². The highest BCUT2D eigenvalue weighted by Gasteiger charge is 2.38. The molecule has 2 fully saturated rings. The lowest BCUT2D eigenvalue weighted by atomic mass is 9.80. The van der Waals surface area contributed by atoms with E-state index < -0.39 is 10.0 Å². The van der Waals surface area contributed by atoms with Crippen LogP contribution in [0.5, 0.6) is 11.5 Å². The average Bonchev–Trinajstić information content (AvgIpc) is 3.06. The van der Waals surface area contributed by atoms with Crippen LogP contribution in [-0.2, 0) is 15.6 Å². The summed E-state index contributed by atoms with van der Waals surface area (Å²) in [5.74, 6) is 2.21. The predicted octanol–water partition coefficient (Wildman–Crippen LogP) is 5.32. The van der Waals surface area contributed by atoms with Gasteiger partial charge >= 0.3 is 0 Å². The van der Waals surface area contributed by atoms with E-state index in [1.54, 1.807) is 29.7 Å². The van der Waals surface area contributed by atoms with Crippen LogP contribution >= 0.6 is 0 Å². The highest BCUT2D eigenvalue weighted by atomic mass is 32.2. The Morgan fingerprint density at radius 3 is 2.28 bits per heavy atom. The summed E-state index contributed by atoms with van der Waals surface area (Å²) in [5.41, 5.74) is 2.87. The fourth-order valence-corrected chi connectivity index (χ4v) is 9.29. The Kier molecular flexibility index (Phi) is 10.9. The standard InChI is InChI=1S/C36H51N5O4S/c1-28-24-33(44-6)25-29(2)35(28)46(42,43)41-19-11-10-14-31(41)27-45-32-15-18-37-34(26-32)39(5)22-23-40-20-16-36(17-21-40,38(3)4)30-12-8-7-9-13-30/h7-9,12-13,15,18,24-26,31H,10-11,14,16-17,19-23,27H2,1-6H3. The van der Waals surface area contributed by atoms with E-state index in [1.807, 2.05) is 26.0 Å². The molecule has 0 N–H and O–H groups in total. The first kappa shape index (κ1) is 34.2. The average molecular weight is 650 g/mol. The number of rotatable bonds is 12. The molecule has 0 saturated carbocycles. The molecule has 0 bridgehead atoms. The van der Waals surface area contributed by atoms with Crippen LogP contribution in [-0.4, -0.2) is 101 Å². The van der Waals surface area contributed by atoms with Gasteiger partial charge in [-0.25, -0.2) is 13.4 Å². The molecule has 46 heavy (non-hydrogen) atoms. The summed E-state index contributed by atoms with van der Waals surface area (Å²) in [7, 11) is 4.36. The normalized spacial score (nSPS) is 19.2. The van der Waals surface area contributed by atoms with Gasteiger partial charge < -0.3 is 19.3 Å². The molecule has 1 aromatic heterocycles. The molecular weight excluding hydrogens is 598 g/mol. The Morgan fingerprint density at radius 1 is 0.935 bits per heavy atom. The lowest BCUT2D eigenvalue weighted by Gasteiger charge is -2.47. The van der Waals surface area contributed by atoms with E-state index in [4.69, 9.17) is 9.47 Å². The van der Waals surface area contributed by atoms with E-state index in [9.17, 15) is 8.42 Å². The number of likely N-dealkylation sites (N-methyl/N-ethyl adjacent to an activating group) is 1. The molecule has 9 nitrogen and oxygen atoms in total.